The number of carbonyl (C=O) groups is 1. The maximum Gasteiger partial charge on any atom is 0.328 e. The van der Waals surface area contributed by atoms with Gasteiger partial charge in [-0.05, 0) is 43.7 Å². The van der Waals surface area contributed by atoms with E-state index in [1.165, 1.54) is 0 Å². The summed E-state index contributed by atoms with van der Waals surface area (Å²) in [6, 6.07) is 14.5. The quantitative estimate of drug-likeness (QED) is 0.651. The van der Waals surface area contributed by atoms with E-state index in [2.05, 4.69) is 4.98 Å². The Hall–Kier alpha value is -3.19. The predicted octanol–water partition coefficient (Wildman–Crippen LogP) is 1.70. The van der Waals surface area contributed by atoms with Gasteiger partial charge < -0.3 is 15.6 Å². The SMILES string of the molecule is CCn1c(=O)[nH]c2cc(C(=O)N(CCCN)Cc3ccccc3)ccc2c1=O. The summed E-state index contributed by atoms with van der Waals surface area (Å²) in [6.45, 7) is 3.50. The molecule has 146 valence electrons. The second kappa shape index (κ2) is 8.67. The first kappa shape index (κ1) is 19.6. The summed E-state index contributed by atoms with van der Waals surface area (Å²) in [4.78, 5) is 42.0. The fraction of sp³-hybridized carbons (Fsp3) is 0.286. The number of H-pyrrole nitrogens is 1. The molecule has 0 atom stereocenters. The highest BCUT2D eigenvalue weighted by atomic mass is 16.2. The number of hydrogen-bond donors (Lipinski definition) is 2. The molecule has 28 heavy (non-hydrogen) atoms. The van der Waals surface area contributed by atoms with Crippen molar-refractivity contribution in [1.82, 2.24) is 14.5 Å². The number of carbonyl (C=O) groups excluding carboxylic acids is 1. The van der Waals surface area contributed by atoms with Crippen molar-refractivity contribution in [3.05, 3.63) is 80.5 Å². The molecule has 7 nitrogen and oxygen atoms in total. The first-order valence-corrected chi connectivity index (χ1v) is 9.35. The van der Waals surface area contributed by atoms with E-state index in [0.717, 1.165) is 10.1 Å². The Balaban J connectivity index is 1.97. The molecule has 0 spiro atoms. The minimum absolute atomic E-state index is 0.167. The molecule has 1 heterocycles. The summed E-state index contributed by atoms with van der Waals surface area (Å²) >= 11 is 0. The van der Waals surface area contributed by atoms with Gasteiger partial charge in [0.15, 0.2) is 0 Å². The fourth-order valence-electron chi connectivity index (χ4n) is 3.20. The van der Waals surface area contributed by atoms with Crippen molar-refractivity contribution < 1.29 is 4.79 Å². The van der Waals surface area contributed by atoms with Crippen molar-refractivity contribution in [3.63, 3.8) is 0 Å². The lowest BCUT2D eigenvalue weighted by atomic mass is 10.1. The summed E-state index contributed by atoms with van der Waals surface area (Å²) < 4.78 is 1.13. The van der Waals surface area contributed by atoms with Crippen molar-refractivity contribution in [2.45, 2.75) is 26.4 Å². The Labute approximate surface area is 162 Å². The molecular weight excluding hydrogens is 356 g/mol. The number of amides is 1. The molecular formula is C21H24N4O3. The Morgan fingerprint density at radius 2 is 1.89 bits per heavy atom. The molecule has 0 aliphatic rings. The molecule has 1 aromatic heterocycles. The lowest BCUT2D eigenvalue weighted by Crippen LogP contribution is -2.35. The zero-order valence-corrected chi connectivity index (χ0v) is 15.9. The van der Waals surface area contributed by atoms with Crippen LogP contribution in [-0.4, -0.2) is 33.4 Å². The van der Waals surface area contributed by atoms with Gasteiger partial charge in [-0.1, -0.05) is 30.3 Å². The van der Waals surface area contributed by atoms with Gasteiger partial charge in [-0.2, -0.15) is 0 Å². The van der Waals surface area contributed by atoms with Crippen LogP contribution in [0.1, 0.15) is 29.3 Å². The minimum atomic E-state index is -0.478. The molecule has 3 rings (SSSR count). The highest BCUT2D eigenvalue weighted by Crippen LogP contribution is 2.14. The average molecular weight is 380 g/mol. The van der Waals surface area contributed by atoms with Gasteiger partial charge in [-0.25, -0.2) is 4.79 Å². The van der Waals surface area contributed by atoms with Crippen LogP contribution in [0.5, 0.6) is 0 Å². The summed E-state index contributed by atoms with van der Waals surface area (Å²) in [5.41, 5.74) is 6.60. The number of aromatic nitrogens is 2. The van der Waals surface area contributed by atoms with Crippen LogP contribution in [-0.2, 0) is 13.1 Å². The standard InChI is InChI=1S/C21H24N4O3/c1-2-25-20(27)17-10-9-16(13-18(17)23-21(25)28)19(26)24(12-6-11-22)14-15-7-4-3-5-8-15/h3-5,7-10,13H,2,6,11-12,14,22H2,1H3,(H,23,28). The third-order valence-corrected chi connectivity index (χ3v) is 4.68. The molecule has 0 saturated heterocycles. The Kier molecular flexibility index (Phi) is 6.06. The zero-order valence-electron chi connectivity index (χ0n) is 15.9. The van der Waals surface area contributed by atoms with Gasteiger partial charge in [0.25, 0.3) is 11.5 Å². The van der Waals surface area contributed by atoms with Gasteiger partial charge in [0, 0.05) is 25.2 Å². The van der Waals surface area contributed by atoms with Crippen LogP contribution in [0.3, 0.4) is 0 Å². The van der Waals surface area contributed by atoms with Crippen molar-refractivity contribution in [2.24, 2.45) is 5.73 Å². The Morgan fingerprint density at radius 3 is 2.57 bits per heavy atom. The molecule has 0 fully saturated rings. The van der Waals surface area contributed by atoms with Crippen molar-refractivity contribution in [2.75, 3.05) is 13.1 Å². The lowest BCUT2D eigenvalue weighted by Gasteiger charge is -2.23. The number of fused-ring (bicyclic) bond motifs is 1. The van der Waals surface area contributed by atoms with Gasteiger partial charge in [-0.3, -0.25) is 14.2 Å². The molecule has 0 radical (unpaired) electrons. The van der Waals surface area contributed by atoms with Gasteiger partial charge in [-0.15, -0.1) is 0 Å². The largest absolute Gasteiger partial charge is 0.334 e. The van der Waals surface area contributed by atoms with Crippen LogP contribution in [0, 0.1) is 0 Å². The number of nitrogens with one attached hydrogen (secondary N) is 1. The second-order valence-electron chi connectivity index (χ2n) is 6.59. The molecule has 1 amide bonds. The van der Waals surface area contributed by atoms with E-state index in [1.807, 2.05) is 30.3 Å². The smallest absolute Gasteiger partial charge is 0.328 e. The van der Waals surface area contributed by atoms with Gasteiger partial charge in [0.2, 0.25) is 0 Å². The van der Waals surface area contributed by atoms with Crippen LogP contribution >= 0.6 is 0 Å². The minimum Gasteiger partial charge on any atom is -0.334 e. The van der Waals surface area contributed by atoms with Crippen molar-refractivity contribution >= 4 is 16.8 Å². The first-order chi connectivity index (χ1) is 13.5. The molecule has 0 aliphatic carbocycles. The number of nitrogens with zero attached hydrogens (tertiary/aromatic N) is 2. The van der Waals surface area contributed by atoms with Crippen LogP contribution < -0.4 is 17.0 Å². The summed E-state index contributed by atoms with van der Waals surface area (Å²) in [7, 11) is 0. The summed E-state index contributed by atoms with van der Waals surface area (Å²) in [5, 5.41) is 0.384. The van der Waals surface area contributed by atoms with E-state index in [4.69, 9.17) is 5.73 Å². The van der Waals surface area contributed by atoms with Gasteiger partial charge in [0.1, 0.15) is 0 Å². The average Bonchev–Trinajstić information content (AvgIpc) is 2.71. The second-order valence-corrected chi connectivity index (χ2v) is 6.59. The molecule has 3 N–H and O–H groups in total. The highest BCUT2D eigenvalue weighted by Gasteiger charge is 2.17. The molecule has 0 aliphatic heterocycles. The van der Waals surface area contributed by atoms with E-state index >= 15 is 0 Å². The van der Waals surface area contributed by atoms with Crippen LogP contribution in [0.4, 0.5) is 0 Å². The third kappa shape index (κ3) is 4.04. The number of nitrogens with two attached hydrogens (primary N) is 1. The molecule has 7 heteroatoms. The van der Waals surface area contributed by atoms with E-state index in [0.29, 0.717) is 42.5 Å². The van der Waals surface area contributed by atoms with Crippen molar-refractivity contribution in [1.29, 1.82) is 0 Å². The fourth-order valence-corrected chi connectivity index (χ4v) is 3.20. The molecule has 0 unspecified atom stereocenters. The van der Waals surface area contributed by atoms with E-state index in [9.17, 15) is 14.4 Å². The zero-order chi connectivity index (χ0) is 20.1. The van der Waals surface area contributed by atoms with Gasteiger partial charge >= 0.3 is 5.69 Å². The van der Waals surface area contributed by atoms with Crippen molar-refractivity contribution in [3.8, 4) is 0 Å². The predicted molar refractivity (Wildman–Crippen MR) is 109 cm³/mol. The van der Waals surface area contributed by atoms with E-state index in [-0.39, 0.29) is 18.0 Å². The maximum atomic E-state index is 13.1. The van der Waals surface area contributed by atoms with Gasteiger partial charge in [0.05, 0.1) is 10.9 Å². The highest BCUT2D eigenvalue weighted by molar-refractivity contribution is 5.97. The maximum absolute atomic E-state index is 13.1. The van der Waals surface area contributed by atoms with Crippen LogP contribution in [0.15, 0.2) is 58.1 Å². The number of rotatable bonds is 7. The molecule has 2 aromatic carbocycles. The molecule has 0 bridgehead atoms. The number of benzene rings is 2. The normalized spacial score (nSPS) is 10.9. The lowest BCUT2D eigenvalue weighted by molar-refractivity contribution is 0.0742. The Morgan fingerprint density at radius 1 is 1.14 bits per heavy atom. The third-order valence-electron chi connectivity index (χ3n) is 4.68. The molecule has 3 aromatic rings. The first-order valence-electron chi connectivity index (χ1n) is 9.35. The summed E-state index contributed by atoms with van der Waals surface area (Å²) in [5.74, 6) is -0.167. The number of aromatic amines is 1. The van der Waals surface area contributed by atoms with E-state index in [1.54, 1.807) is 30.0 Å². The Bertz CT molecular complexity index is 1090. The number of hydrogen-bond acceptors (Lipinski definition) is 4. The topological polar surface area (TPSA) is 101 Å². The monoisotopic (exact) mass is 380 g/mol. The van der Waals surface area contributed by atoms with Crippen LogP contribution in [0.2, 0.25) is 0 Å². The molecule has 0 saturated carbocycles. The summed E-state index contributed by atoms with van der Waals surface area (Å²) in [6.07, 6.45) is 0.685. The van der Waals surface area contributed by atoms with E-state index < -0.39 is 5.69 Å². The van der Waals surface area contributed by atoms with Crippen LogP contribution in [0.25, 0.3) is 10.9 Å².